The smallest absolute Gasteiger partial charge is 0.488 e. The Labute approximate surface area is 101 Å². The lowest BCUT2D eigenvalue weighted by Crippen LogP contribution is -2.18. The molecular formula is C11H11F3O4. The number of benzene rings is 1. The molecule has 0 unspecified atom stereocenters. The van der Waals surface area contributed by atoms with E-state index in [1.165, 1.54) is 13.0 Å². The van der Waals surface area contributed by atoms with Crippen LogP contribution in [0.25, 0.3) is 0 Å². The van der Waals surface area contributed by atoms with E-state index in [4.69, 9.17) is 9.84 Å². The molecule has 1 N–H and O–H groups in total. The minimum atomic E-state index is -4.85. The molecule has 0 saturated carbocycles. The predicted octanol–water partition coefficient (Wildman–Crippen LogP) is 2.16. The Kier molecular flexibility index (Phi) is 4.55. The lowest BCUT2D eigenvalue weighted by Gasteiger charge is -2.14. The number of aliphatic hydroxyl groups excluding tert-OH is 1. The maximum Gasteiger partial charge on any atom is 0.573 e. The van der Waals surface area contributed by atoms with Crippen LogP contribution in [0.3, 0.4) is 0 Å². The largest absolute Gasteiger partial charge is 0.573 e. The average Bonchev–Trinajstić information content (AvgIpc) is 2.26. The SMILES string of the molecule is C[C@@H](CO)Oc1cc(C=O)cc(OC(F)(F)F)c1. The summed E-state index contributed by atoms with van der Waals surface area (Å²) in [5, 5.41) is 8.77. The van der Waals surface area contributed by atoms with Crippen LogP contribution in [-0.2, 0) is 0 Å². The van der Waals surface area contributed by atoms with E-state index in [0.717, 1.165) is 12.1 Å². The quantitative estimate of drug-likeness (QED) is 0.828. The first-order valence-corrected chi connectivity index (χ1v) is 4.97. The Morgan fingerprint density at radius 1 is 1.33 bits per heavy atom. The van der Waals surface area contributed by atoms with Crippen LogP contribution < -0.4 is 9.47 Å². The summed E-state index contributed by atoms with van der Waals surface area (Å²) < 4.78 is 44.9. The van der Waals surface area contributed by atoms with Gasteiger partial charge in [-0.25, -0.2) is 0 Å². The van der Waals surface area contributed by atoms with Crippen LogP contribution in [0.1, 0.15) is 17.3 Å². The molecule has 0 heterocycles. The van der Waals surface area contributed by atoms with Gasteiger partial charge < -0.3 is 14.6 Å². The number of alkyl halides is 3. The van der Waals surface area contributed by atoms with Crippen LogP contribution in [0.2, 0.25) is 0 Å². The lowest BCUT2D eigenvalue weighted by atomic mass is 10.2. The third-order valence-corrected chi connectivity index (χ3v) is 1.87. The van der Waals surface area contributed by atoms with Gasteiger partial charge in [-0.3, -0.25) is 4.79 Å². The molecule has 0 aliphatic rings. The number of ether oxygens (including phenoxy) is 2. The van der Waals surface area contributed by atoms with Crippen molar-refractivity contribution in [2.45, 2.75) is 19.4 Å². The van der Waals surface area contributed by atoms with Gasteiger partial charge in [0.05, 0.1) is 6.61 Å². The second-order valence-electron chi connectivity index (χ2n) is 3.51. The van der Waals surface area contributed by atoms with Gasteiger partial charge >= 0.3 is 6.36 Å². The summed E-state index contributed by atoms with van der Waals surface area (Å²) in [6, 6.07) is 3.19. The molecule has 0 spiro atoms. The molecule has 0 aromatic heterocycles. The monoisotopic (exact) mass is 264 g/mol. The highest BCUT2D eigenvalue weighted by Gasteiger charge is 2.31. The average molecular weight is 264 g/mol. The Hall–Kier alpha value is -1.76. The van der Waals surface area contributed by atoms with Gasteiger partial charge in [0, 0.05) is 11.6 Å². The van der Waals surface area contributed by atoms with Gasteiger partial charge in [0.25, 0.3) is 0 Å². The summed E-state index contributed by atoms with van der Waals surface area (Å²) in [4.78, 5) is 10.6. The number of aliphatic hydroxyl groups is 1. The first kappa shape index (κ1) is 14.3. The summed E-state index contributed by atoms with van der Waals surface area (Å²) in [7, 11) is 0. The van der Waals surface area contributed by atoms with Crippen LogP contribution in [-0.4, -0.2) is 30.5 Å². The molecule has 0 bridgehead atoms. The van der Waals surface area contributed by atoms with E-state index in [1.54, 1.807) is 0 Å². The summed E-state index contributed by atoms with van der Waals surface area (Å²) in [5.74, 6) is -0.535. The molecule has 1 atom stereocenters. The Bertz CT molecular complexity index is 417. The molecule has 100 valence electrons. The number of carbonyl (C=O) groups excluding carboxylic acids is 1. The van der Waals surface area contributed by atoms with Gasteiger partial charge in [-0.15, -0.1) is 13.2 Å². The van der Waals surface area contributed by atoms with Crippen molar-refractivity contribution in [2.75, 3.05) is 6.61 Å². The number of halogens is 3. The van der Waals surface area contributed by atoms with Crippen molar-refractivity contribution in [1.29, 1.82) is 0 Å². The molecule has 4 nitrogen and oxygen atoms in total. The topological polar surface area (TPSA) is 55.8 Å². The maximum absolute atomic E-state index is 12.0. The van der Waals surface area contributed by atoms with Crippen molar-refractivity contribution in [1.82, 2.24) is 0 Å². The molecule has 0 amide bonds. The summed E-state index contributed by atoms with van der Waals surface area (Å²) in [5.41, 5.74) is -0.0168. The van der Waals surface area contributed by atoms with Crippen LogP contribution in [0.5, 0.6) is 11.5 Å². The molecule has 0 saturated heterocycles. The molecule has 0 aliphatic heterocycles. The van der Waals surface area contributed by atoms with Crippen LogP contribution in [0, 0.1) is 0 Å². The van der Waals surface area contributed by atoms with Crippen molar-refractivity contribution in [3.63, 3.8) is 0 Å². The molecule has 0 aliphatic carbocycles. The van der Waals surface area contributed by atoms with Gasteiger partial charge in [0.1, 0.15) is 23.9 Å². The fourth-order valence-electron chi connectivity index (χ4n) is 1.19. The zero-order valence-corrected chi connectivity index (χ0v) is 9.40. The van der Waals surface area contributed by atoms with Crippen LogP contribution in [0.15, 0.2) is 18.2 Å². The Morgan fingerprint density at radius 2 is 1.94 bits per heavy atom. The number of hydrogen-bond donors (Lipinski definition) is 1. The second-order valence-corrected chi connectivity index (χ2v) is 3.51. The summed E-state index contributed by atoms with van der Waals surface area (Å²) in [6.45, 7) is 1.22. The number of carbonyl (C=O) groups is 1. The highest BCUT2D eigenvalue weighted by Crippen LogP contribution is 2.28. The zero-order valence-electron chi connectivity index (χ0n) is 9.40. The molecule has 1 aromatic carbocycles. The first-order chi connectivity index (χ1) is 8.34. The van der Waals surface area contributed by atoms with Crippen LogP contribution >= 0.6 is 0 Å². The molecule has 0 fully saturated rings. The van der Waals surface area contributed by atoms with E-state index in [-0.39, 0.29) is 17.9 Å². The third-order valence-electron chi connectivity index (χ3n) is 1.87. The fourth-order valence-corrected chi connectivity index (χ4v) is 1.19. The van der Waals surface area contributed by atoms with Gasteiger partial charge in [0.2, 0.25) is 0 Å². The van der Waals surface area contributed by atoms with Gasteiger partial charge in [-0.2, -0.15) is 0 Å². The zero-order chi connectivity index (χ0) is 13.8. The summed E-state index contributed by atoms with van der Waals surface area (Å²) >= 11 is 0. The highest BCUT2D eigenvalue weighted by atomic mass is 19.4. The van der Waals surface area contributed by atoms with E-state index in [1.807, 2.05) is 0 Å². The lowest BCUT2D eigenvalue weighted by molar-refractivity contribution is -0.274. The third kappa shape index (κ3) is 4.62. The van der Waals surface area contributed by atoms with E-state index >= 15 is 0 Å². The predicted molar refractivity (Wildman–Crippen MR) is 55.7 cm³/mol. The number of rotatable bonds is 5. The summed E-state index contributed by atoms with van der Waals surface area (Å²) in [6.07, 6.45) is -5.08. The standard InChI is InChI=1S/C11H11F3O4/c1-7(5-15)17-9-2-8(6-16)3-10(4-9)18-11(12,13)14/h2-4,6-7,15H,5H2,1H3/t7-/m0/s1. The minimum absolute atomic E-state index is 0.0143. The van der Waals surface area contributed by atoms with Gasteiger partial charge in [-0.05, 0) is 19.1 Å². The first-order valence-electron chi connectivity index (χ1n) is 4.97. The minimum Gasteiger partial charge on any atom is -0.488 e. The van der Waals surface area contributed by atoms with Crippen molar-refractivity contribution < 1.29 is 32.5 Å². The van der Waals surface area contributed by atoms with Crippen LogP contribution in [0.4, 0.5) is 13.2 Å². The Morgan fingerprint density at radius 3 is 2.44 bits per heavy atom. The molecule has 18 heavy (non-hydrogen) atoms. The normalized spacial score (nSPS) is 12.9. The molecule has 1 aromatic rings. The number of hydrogen-bond acceptors (Lipinski definition) is 4. The molecule has 1 rings (SSSR count). The fraction of sp³-hybridized carbons (Fsp3) is 0.364. The Balaban J connectivity index is 2.98. The molecule has 7 heteroatoms. The van der Waals surface area contributed by atoms with Crippen molar-refractivity contribution in [3.8, 4) is 11.5 Å². The van der Waals surface area contributed by atoms with Crippen molar-refractivity contribution in [2.24, 2.45) is 0 Å². The second kappa shape index (κ2) is 5.72. The number of aldehydes is 1. The molecule has 0 radical (unpaired) electrons. The highest BCUT2D eigenvalue weighted by molar-refractivity contribution is 5.76. The van der Waals surface area contributed by atoms with E-state index in [9.17, 15) is 18.0 Å². The van der Waals surface area contributed by atoms with E-state index < -0.39 is 18.2 Å². The van der Waals surface area contributed by atoms with E-state index in [0.29, 0.717) is 6.29 Å². The van der Waals surface area contributed by atoms with Gasteiger partial charge in [-0.1, -0.05) is 0 Å². The molecular weight excluding hydrogens is 253 g/mol. The van der Waals surface area contributed by atoms with Crippen molar-refractivity contribution >= 4 is 6.29 Å². The van der Waals surface area contributed by atoms with Gasteiger partial charge in [0.15, 0.2) is 0 Å². The maximum atomic E-state index is 12.0. The van der Waals surface area contributed by atoms with E-state index in [2.05, 4.69) is 4.74 Å². The van der Waals surface area contributed by atoms with Crippen molar-refractivity contribution in [3.05, 3.63) is 23.8 Å².